The molecule has 1 amide bonds. The average molecular weight is 253 g/mol. The minimum absolute atomic E-state index is 0.172. The zero-order chi connectivity index (χ0) is 13.0. The molecule has 0 aliphatic carbocycles. The summed E-state index contributed by atoms with van der Waals surface area (Å²) in [6, 6.07) is 6.68. The molecule has 0 saturated heterocycles. The Hall–Kier alpha value is -1.73. The Morgan fingerprint density at radius 3 is 2.71 bits per heavy atom. The van der Waals surface area contributed by atoms with Gasteiger partial charge in [-0.15, -0.1) is 0 Å². The van der Waals surface area contributed by atoms with Crippen molar-refractivity contribution >= 4 is 17.5 Å². The molecule has 1 aromatic carbocycles. The lowest BCUT2D eigenvalue weighted by atomic mass is 10.2. The highest BCUT2D eigenvalue weighted by Crippen LogP contribution is 2.23. The zero-order valence-corrected chi connectivity index (χ0v) is 10.7. The number of benzene rings is 1. The molecule has 0 heterocycles. The van der Waals surface area contributed by atoms with Crippen LogP contribution in [0.5, 0.6) is 5.75 Å². The highest BCUT2D eigenvalue weighted by atomic mass is 35.5. The second-order valence-electron chi connectivity index (χ2n) is 3.75. The van der Waals surface area contributed by atoms with Crippen molar-refractivity contribution < 1.29 is 9.53 Å². The molecule has 1 atom stereocenters. The normalized spacial score (nSPS) is 11.5. The lowest BCUT2D eigenvalue weighted by molar-refractivity contribution is -0.135. The van der Waals surface area contributed by atoms with E-state index >= 15 is 0 Å². The van der Waals surface area contributed by atoms with Gasteiger partial charge in [0.2, 0.25) is 0 Å². The van der Waals surface area contributed by atoms with E-state index in [-0.39, 0.29) is 5.91 Å². The standard InChI is InChI=1S/C12H13ClN2O2/c1-8(12(16)15(2)3)17-11-6-10(13)5-4-9(11)7-14/h4-6,8H,1-3H3. The first-order valence-corrected chi connectivity index (χ1v) is 5.41. The molecular formula is C12H13ClN2O2. The second-order valence-corrected chi connectivity index (χ2v) is 4.18. The molecule has 0 saturated carbocycles. The average Bonchev–Trinajstić information content (AvgIpc) is 2.28. The van der Waals surface area contributed by atoms with Crippen LogP contribution in [0.25, 0.3) is 0 Å². The van der Waals surface area contributed by atoms with E-state index in [1.54, 1.807) is 33.2 Å². The van der Waals surface area contributed by atoms with Gasteiger partial charge < -0.3 is 9.64 Å². The number of hydrogen-bond donors (Lipinski definition) is 0. The molecule has 0 fully saturated rings. The summed E-state index contributed by atoms with van der Waals surface area (Å²) < 4.78 is 5.44. The van der Waals surface area contributed by atoms with Crippen molar-refractivity contribution in [2.45, 2.75) is 13.0 Å². The van der Waals surface area contributed by atoms with Gasteiger partial charge in [0.25, 0.3) is 5.91 Å². The van der Waals surface area contributed by atoms with Gasteiger partial charge in [-0.05, 0) is 19.1 Å². The van der Waals surface area contributed by atoms with Crippen LogP contribution in [0.3, 0.4) is 0 Å². The van der Waals surface area contributed by atoms with E-state index in [2.05, 4.69) is 0 Å². The molecule has 1 unspecified atom stereocenters. The maximum Gasteiger partial charge on any atom is 0.262 e. The summed E-state index contributed by atoms with van der Waals surface area (Å²) in [6.07, 6.45) is -0.657. The summed E-state index contributed by atoms with van der Waals surface area (Å²) >= 11 is 5.81. The molecule has 0 bridgehead atoms. The van der Waals surface area contributed by atoms with Crippen molar-refractivity contribution in [1.29, 1.82) is 5.26 Å². The first kappa shape index (κ1) is 13.3. The van der Waals surface area contributed by atoms with Crippen LogP contribution in [0.2, 0.25) is 5.02 Å². The maximum atomic E-state index is 11.6. The van der Waals surface area contributed by atoms with E-state index in [0.717, 1.165) is 0 Å². The Bertz CT molecular complexity index is 466. The molecule has 0 aliphatic heterocycles. The van der Waals surface area contributed by atoms with Crippen molar-refractivity contribution in [1.82, 2.24) is 4.90 Å². The fourth-order valence-electron chi connectivity index (χ4n) is 1.29. The van der Waals surface area contributed by atoms with Gasteiger partial charge in [0.1, 0.15) is 11.8 Å². The third-order valence-electron chi connectivity index (χ3n) is 2.16. The van der Waals surface area contributed by atoms with Crippen LogP contribution >= 0.6 is 11.6 Å². The minimum Gasteiger partial charge on any atom is -0.479 e. The molecule has 1 rings (SSSR count). The Morgan fingerprint density at radius 1 is 1.53 bits per heavy atom. The number of halogens is 1. The molecule has 17 heavy (non-hydrogen) atoms. The molecule has 0 radical (unpaired) electrons. The van der Waals surface area contributed by atoms with Crippen LogP contribution in [0, 0.1) is 11.3 Å². The number of nitriles is 1. The predicted octanol–water partition coefficient (Wildman–Crippen LogP) is 2.07. The third kappa shape index (κ3) is 3.36. The highest BCUT2D eigenvalue weighted by molar-refractivity contribution is 6.30. The predicted molar refractivity (Wildman–Crippen MR) is 65.0 cm³/mol. The van der Waals surface area contributed by atoms with Gasteiger partial charge in [0.15, 0.2) is 6.10 Å². The van der Waals surface area contributed by atoms with E-state index in [0.29, 0.717) is 16.3 Å². The Morgan fingerprint density at radius 2 is 2.18 bits per heavy atom. The first-order valence-electron chi connectivity index (χ1n) is 5.03. The van der Waals surface area contributed by atoms with Gasteiger partial charge >= 0.3 is 0 Å². The maximum absolute atomic E-state index is 11.6. The summed E-state index contributed by atoms with van der Waals surface area (Å²) in [7, 11) is 3.29. The van der Waals surface area contributed by atoms with E-state index in [4.69, 9.17) is 21.6 Å². The van der Waals surface area contributed by atoms with Gasteiger partial charge in [-0.3, -0.25) is 4.79 Å². The van der Waals surface area contributed by atoms with Crippen LogP contribution < -0.4 is 4.74 Å². The summed E-state index contributed by atoms with van der Waals surface area (Å²) in [5, 5.41) is 9.36. The lowest BCUT2D eigenvalue weighted by Crippen LogP contribution is -2.35. The smallest absolute Gasteiger partial charge is 0.262 e. The number of likely N-dealkylation sites (N-methyl/N-ethyl adjacent to an activating group) is 1. The van der Waals surface area contributed by atoms with Crippen LogP contribution in [0.4, 0.5) is 0 Å². The topological polar surface area (TPSA) is 53.3 Å². The SMILES string of the molecule is CC(Oc1cc(Cl)ccc1C#N)C(=O)N(C)C. The summed E-state index contributed by atoms with van der Waals surface area (Å²) in [5.74, 6) is 0.150. The minimum atomic E-state index is -0.657. The van der Waals surface area contributed by atoms with E-state index in [9.17, 15) is 4.79 Å². The summed E-state index contributed by atoms with van der Waals surface area (Å²) in [4.78, 5) is 13.0. The van der Waals surface area contributed by atoms with Gasteiger partial charge in [-0.25, -0.2) is 0 Å². The van der Waals surface area contributed by atoms with Crippen LogP contribution in [-0.4, -0.2) is 31.0 Å². The van der Waals surface area contributed by atoms with E-state index in [1.807, 2.05) is 6.07 Å². The van der Waals surface area contributed by atoms with Crippen LogP contribution in [0.1, 0.15) is 12.5 Å². The molecular weight excluding hydrogens is 240 g/mol. The van der Waals surface area contributed by atoms with Crippen LogP contribution in [-0.2, 0) is 4.79 Å². The summed E-state index contributed by atoms with van der Waals surface area (Å²) in [5.41, 5.74) is 0.354. The molecule has 0 aromatic heterocycles. The Balaban J connectivity index is 2.92. The Kier molecular flexibility index (Phi) is 4.36. The van der Waals surface area contributed by atoms with Crippen molar-refractivity contribution in [3.8, 4) is 11.8 Å². The molecule has 0 aliphatic rings. The zero-order valence-electron chi connectivity index (χ0n) is 9.90. The van der Waals surface area contributed by atoms with Gasteiger partial charge in [0.05, 0.1) is 5.56 Å². The first-order chi connectivity index (χ1) is 7.95. The molecule has 1 aromatic rings. The number of amides is 1. The molecule has 5 heteroatoms. The van der Waals surface area contributed by atoms with Crippen molar-refractivity contribution in [2.75, 3.05) is 14.1 Å². The largest absolute Gasteiger partial charge is 0.479 e. The monoisotopic (exact) mass is 252 g/mol. The number of nitrogens with zero attached hydrogens (tertiary/aromatic N) is 2. The number of ether oxygens (including phenoxy) is 1. The number of rotatable bonds is 3. The number of hydrogen-bond acceptors (Lipinski definition) is 3. The van der Waals surface area contributed by atoms with Gasteiger partial charge in [0, 0.05) is 25.2 Å². The van der Waals surface area contributed by atoms with Crippen LogP contribution in [0.15, 0.2) is 18.2 Å². The Labute approximate surface area is 105 Å². The van der Waals surface area contributed by atoms with E-state index in [1.165, 1.54) is 11.0 Å². The van der Waals surface area contributed by atoms with E-state index < -0.39 is 6.10 Å². The fraction of sp³-hybridized carbons (Fsp3) is 0.333. The molecule has 0 N–H and O–H groups in total. The number of carbonyl (C=O) groups excluding carboxylic acids is 1. The quantitative estimate of drug-likeness (QED) is 0.828. The number of carbonyl (C=O) groups is 1. The van der Waals surface area contributed by atoms with Crippen molar-refractivity contribution in [3.05, 3.63) is 28.8 Å². The van der Waals surface area contributed by atoms with Crippen molar-refractivity contribution in [2.24, 2.45) is 0 Å². The highest BCUT2D eigenvalue weighted by Gasteiger charge is 2.18. The lowest BCUT2D eigenvalue weighted by Gasteiger charge is -2.18. The van der Waals surface area contributed by atoms with Crippen molar-refractivity contribution in [3.63, 3.8) is 0 Å². The molecule has 90 valence electrons. The second kappa shape index (κ2) is 5.55. The molecule has 4 nitrogen and oxygen atoms in total. The summed E-state index contributed by atoms with van der Waals surface area (Å²) in [6.45, 7) is 1.63. The fourth-order valence-corrected chi connectivity index (χ4v) is 1.45. The third-order valence-corrected chi connectivity index (χ3v) is 2.39. The molecule has 0 spiro atoms. The van der Waals surface area contributed by atoms with Gasteiger partial charge in [-0.2, -0.15) is 5.26 Å². The van der Waals surface area contributed by atoms with Gasteiger partial charge in [-0.1, -0.05) is 11.6 Å².